The fourth-order valence-corrected chi connectivity index (χ4v) is 4.59. The largest absolute Gasteiger partial charge is 0.497 e. The number of ether oxygens (including phenoxy) is 1. The Morgan fingerprint density at radius 1 is 1.10 bits per heavy atom. The van der Waals surface area contributed by atoms with E-state index in [0.717, 1.165) is 42.6 Å². The molecule has 162 valence electrons. The zero-order valence-corrected chi connectivity index (χ0v) is 19.0. The molecule has 2 aromatic carbocycles. The molecule has 7 heteroatoms. The minimum atomic E-state index is -0.126. The molecule has 1 N–H and O–H groups in total. The van der Waals surface area contributed by atoms with Gasteiger partial charge in [-0.15, -0.1) is 11.3 Å². The fourth-order valence-electron chi connectivity index (χ4n) is 3.73. The van der Waals surface area contributed by atoms with Crippen LogP contribution in [0.1, 0.15) is 27.2 Å². The van der Waals surface area contributed by atoms with Crippen LogP contribution >= 0.6 is 11.3 Å². The van der Waals surface area contributed by atoms with Gasteiger partial charge in [0.15, 0.2) is 5.13 Å². The van der Waals surface area contributed by atoms with E-state index in [1.165, 1.54) is 28.2 Å². The van der Waals surface area contributed by atoms with Crippen molar-refractivity contribution >= 4 is 28.1 Å². The Kier molecular flexibility index (Phi) is 6.42. The van der Waals surface area contributed by atoms with Crippen LogP contribution in [0.3, 0.4) is 0 Å². The first kappa shape index (κ1) is 21.2. The van der Waals surface area contributed by atoms with E-state index in [1.54, 1.807) is 7.11 Å². The van der Waals surface area contributed by atoms with Crippen molar-refractivity contribution in [3.63, 3.8) is 0 Å². The van der Waals surface area contributed by atoms with Crippen LogP contribution in [0.15, 0.2) is 47.8 Å². The van der Waals surface area contributed by atoms with Crippen LogP contribution in [0.4, 0.5) is 10.8 Å². The van der Waals surface area contributed by atoms with E-state index in [4.69, 9.17) is 4.74 Å². The normalized spacial score (nSPS) is 13.9. The minimum absolute atomic E-state index is 0.126. The highest BCUT2D eigenvalue weighted by Crippen LogP contribution is 2.26. The van der Waals surface area contributed by atoms with Crippen molar-refractivity contribution in [2.45, 2.75) is 20.4 Å². The van der Waals surface area contributed by atoms with Crippen molar-refractivity contribution in [1.82, 2.24) is 10.3 Å². The molecule has 4 rings (SSSR count). The number of anilines is 2. The monoisotopic (exact) mass is 436 g/mol. The van der Waals surface area contributed by atoms with Gasteiger partial charge >= 0.3 is 0 Å². The number of amides is 1. The number of nitrogens with zero attached hydrogens (tertiary/aromatic N) is 3. The van der Waals surface area contributed by atoms with Crippen LogP contribution < -0.4 is 19.9 Å². The molecule has 0 radical (unpaired) electrons. The van der Waals surface area contributed by atoms with E-state index in [9.17, 15) is 4.79 Å². The highest BCUT2D eigenvalue weighted by molar-refractivity contribution is 7.13. The van der Waals surface area contributed by atoms with Crippen molar-refractivity contribution in [3.8, 4) is 5.75 Å². The summed E-state index contributed by atoms with van der Waals surface area (Å²) in [7, 11) is 1.69. The zero-order valence-electron chi connectivity index (χ0n) is 18.2. The Morgan fingerprint density at radius 2 is 1.87 bits per heavy atom. The molecule has 0 aliphatic carbocycles. The van der Waals surface area contributed by atoms with Gasteiger partial charge in [0, 0.05) is 49.9 Å². The molecule has 1 aromatic heterocycles. The zero-order chi connectivity index (χ0) is 21.8. The molecule has 1 fully saturated rings. The number of carbonyl (C=O) groups is 1. The summed E-state index contributed by atoms with van der Waals surface area (Å²) in [5, 5.41) is 5.76. The number of thiazole rings is 1. The summed E-state index contributed by atoms with van der Waals surface area (Å²) in [5.74, 6) is 0.745. The summed E-state index contributed by atoms with van der Waals surface area (Å²) in [6.07, 6.45) is 0. The van der Waals surface area contributed by atoms with Gasteiger partial charge in [-0.2, -0.15) is 0 Å². The number of hydrogen-bond donors (Lipinski definition) is 1. The Morgan fingerprint density at radius 3 is 2.65 bits per heavy atom. The van der Waals surface area contributed by atoms with E-state index < -0.39 is 0 Å². The van der Waals surface area contributed by atoms with Crippen LogP contribution in [0.2, 0.25) is 0 Å². The molecule has 2 heterocycles. The number of aryl methyl sites for hydroxylation is 2. The van der Waals surface area contributed by atoms with E-state index in [0.29, 0.717) is 12.2 Å². The van der Waals surface area contributed by atoms with Crippen LogP contribution in [0.25, 0.3) is 0 Å². The number of piperazine rings is 1. The summed E-state index contributed by atoms with van der Waals surface area (Å²) < 4.78 is 5.34. The van der Waals surface area contributed by atoms with Gasteiger partial charge in [0.25, 0.3) is 5.91 Å². The first-order valence-corrected chi connectivity index (χ1v) is 11.4. The number of nitrogens with one attached hydrogen (secondary N) is 1. The van der Waals surface area contributed by atoms with Crippen molar-refractivity contribution in [2.24, 2.45) is 0 Å². The van der Waals surface area contributed by atoms with Crippen LogP contribution in [0, 0.1) is 13.8 Å². The molecular weight excluding hydrogens is 408 g/mol. The average Bonchev–Trinajstić information content (AvgIpc) is 3.30. The molecule has 0 atom stereocenters. The Balaban J connectivity index is 1.33. The van der Waals surface area contributed by atoms with Gasteiger partial charge in [-0.1, -0.05) is 29.8 Å². The first-order valence-electron chi connectivity index (χ1n) is 10.5. The van der Waals surface area contributed by atoms with Gasteiger partial charge in [-0.05, 0) is 37.1 Å². The van der Waals surface area contributed by atoms with Crippen molar-refractivity contribution < 1.29 is 9.53 Å². The molecule has 0 spiro atoms. The number of rotatable bonds is 6. The fraction of sp³-hybridized carbons (Fsp3) is 0.333. The highest BCUT2D eigenvalue weighted by Gasteiger charge is 2.21. The van der Waals surface area contributed by atoms with Crippen molar-refractivity contribution in [2.75, 3.05) is 43.1 Å². The average molecular weight is 437 g/mol. The van der Waals surface area contributed by atoms with E-state index >= 15 is 0 Å². The minimum Gasteiger partial charge on any atom is -0.497 e. The van der Waals surface area contributed by atoms with Crippen LogP contribution in [-0.4, -0.2) is 44.2 Å². The molecule has 0 unspecified atom stereocenters. The topological polar surface area (TPSA) is 57.7 Å². The van der Waals surface area contributed by atoms with Gasteiger partial charge in [0.05, 0.1) is 7.11 Å². The third-order valence-electron chi connectivity index (χ3n) is 5.64. The summed E-state index contributed by atoms with van der Waals surface area (Å²) in [6.45, 7) is 8.18. The highest BCUT2D eigenvalue weighted by atomic mass is 32.1. The number of benzene rings is 2. The summed E-state index contributed by atoms with van der Waals surface area (Å²) in [4.78, 5) is 21.8. The lowest BCUT2D eigenvalue weighted by molar-refractivity contribution is 0.0946. The molecule has 1 amide bonds. The third kappa shape index (κ3) is 4.99. The van der Waals surface area contributed by atoms with E-state index in [2.05, 4.69) is 64.3 Å². The maximum Gasteiger partial charge on any atom is 0.271 e. The maximum atomic E-state index is 12.6. The van der Waals surface area contributed by atoms with Gasteiger partial charge in [-0.25, -0.2) is 4.98 Å². The van der Waals surface area contributed by atoms with Gasteiger partial charge in [0.1, 0.15) is 11.4 Å². The van der Waals surface area contributed by atoms with Crippen LogP contribution in [0.5, 0.6) is 5.75 Å². The predicted octanol–water partition coefficient (Wildman–Crippen LogP) is 4.03. The Bertz CT molecular complexity index is 1060. The molecule has 6 nitrogen and oxygen atoms in total. The second-order valence-corrected chi connectivity index (χ2v) is 8.64. The second kappa shape index (κ2) is 9.39. The molecular formula is C24H28N4O2S. The SMILES string of the molecule is COc1cccc(N2CCN(c3nc(C(=O)NCc4cc(C)ccc4C)cs3)CC2)c1. The standard InChI is InChI=1S/C24H28N4O2S/c1-17-7-8-18(2)19(13-17)15-25-23(29)22-16-31-24(26-22)28-11-9-27(10-12-28)20-5-4-6-21(14-20)30-3/h4-8,13-14,16H,9-12,15H2,1-3H3,(H,25,29). The molecule has 1 aliphatic rings. The lowest BCUT2D eigenvalue weighted by Gasteiger charge is -2.36. The molecule has 0 saturated carbocycles. The molecule has 1 aliphatic heterocycles. The Hall–Kier alpha value is -3.06. The molecule has 31 heavy (non-hydrogen) atoms. The maximum absolute atomic E-state index is 12.6. The van der Waals surface area contributed by atoms with Gasteiger partial charge in [0.2, 0.25) is 0 Å². The smallest absolute Gasteiger partial charge is 0.271 e. The summed E-state index contributed by atoms with van der Waals surface area (Å²) >= 11 is 1.53. The number of methoxy groups -OCH3 is 1. The molecule has 0 bridgehead atoms. The Labute approximate surface area is 187 Å². The van der Waals surface area contributed by atoms with Gasteiger partial charge in [-0.3, -0.25) is 4.79 Å². The lowest BCUT2D eigenvalue weighted by Crippen LogP contribution is -2.46. The number of hydrogen-bond acceptors (Lipinski definition) is 6. The van der Waals surface area contributed by atoms with Crippen molar-refractivity contribution in [1.29, 1.82) is 0 Å². The molecule has 3 aromatic rings. The van der Waals surface area contributed by atoms with Gasteiger partial charge < -0.3 is 19.9 Å². The van der Waals surface area contributed by atoms with Crippen LogP contribution in [-0.2, 0) is 6.54 Å². The summed E-state index contributed by atoms with van der Waals surface area (Å²) in [6, 6.07) is 14.4. The predicted molar refractivity (Wildman–Crippen MR) is 127 cm³/mol. The number of carbonyl (C=O) groups excluding carboxylic acids is 1. The molecule has 1 saturated heterocycles. The van der Waals surface area contributed by atoms with E-state index in [-0.39, 0.29) is 5.91 Å². The quantitative estimate of drug-likeness (QED) is 0.632. The number of aromatic nitrogens is 1. The second-order valence-electron chi connectivity index (χ2n) is 7.80. The lowest BCUT2D eigenvalue weighted by atomic mass is 10.1. The summed E-state index contributed by atoms with van der Waals surface area (Å²) in [5.41, 5.74) is 5.17. The van der Waals surface area contributed by atoms with E-state index in [1.807, 2.05) is 17.5 Å². The first-order chi connectivity index (χ1) is 15.0. The third-order valence-corrected chi connectivity index (χ3v) is 6.54. The van der Waals surface area contributed by atoms with Crippen molar-refractivity contribution in [3.05, 3.63) is 70.2 Å².